The Morgan fingerprint density at radius 3 is 2.48 bits per heavy atom. The zero-order valence-corrected chi connectivity index (χ0v) is 17.5. The number of phenols is 1. The zero-order valence-electron chi connectivity index (χ0n) is 17.5. The van der Waals surface area contributed by atoms with E-state index in [9.17, 15) is 19.1 Å². The minimum absolute atomic E-state index is 0.0543. The summed E-state index contributed by atoms with van der Waals surface area (Å²) in [5.41, 5.74) is 1.40. The summed E-state index contributed by atoms with van der Waals surface area (Å²) in [6.45, 7) is 2.99. The first kappa shape index (κ1) is 21.3. The van der Waals surface area contributed by atoms with E-state index in [-0.39, 0.29) is 29.2 Å². The first-order valence-corrected chi connectivity index (χ1v) is 10.8. The van der Waals surface area contributed by atoms with Gasteiger partial charge in [0.1, 0.15) is 11.6 Å². The van der Waals surface area contributed by atoms with Crippen LogP contribution < -0.4 is 5.32 Å². The highest BCUT2D eigenvalue weighted by molar-refractivity contribution is 5.93. The smallest absolute Gasteiger partial charge is 0.236 e. The Kier molecular flexibility index (Phi) is 6.51. The maximum Gasteiger partial charge on any atom is 0.236 e. The molecule has 2 heterocycles. The van der Waals surface area contributed by atoms with Crippen LogP contribution in [0, 0.1) is 11.7 Å². The van der Waals surface area contributed by atoms with Crippen LogP contribution in [0.3, 0.4) is 0 Å². The number of hydrogen-bond acceptors (Lipinski definition) is 4. The van der Waals surface area contributed by atoms with Gasteiger partial charge in [0, 0.05) is 25.7 Å². The van der Waals surface area contributed by atoms with Crippen molar-refractivity contribution >= 4 is 17.5 Å². The molecule has 2 aromatic carbocycles. The van der Waals surface area contributed by atoms with E-state index in [1.807, 2.05) is 15.9 Å². The van der Waals surface area contributed by atoms with Crippen molar-refractivity contribution in [3.8, 4) is 5.75 Å². The summed E-state index contributed by atoms with van der Waals surface area (Å²) in [6, 6.07) is 14.1. The molecule has 2 aliphatic heterocycles. The van der Waals surface area contributed by atoms with Crippen LogP contribution in [0.15, 0.2) is 48.5 Å². The number of nitrogens with zero attached hydrogens (tertiary/aromatic N) is 2. The van der Waals surface area contributed by atoms with Gasteiger partial charge in [-0.05, 0) is 49.4 Å². The summed E-state index contributed by atoms with van der Waals surface area (Å²) in [5.74, 6) is -0.790. The highest BCUT2D eigenvalue weighted by Gasteiger charge is 2.31. The van der Waals surface area contributed by atoms with Crippen molar-refractivity contribution in [2.24, 2.45) is 5.92 Å². The molecule has 2 aliphatic rings. The fourth-order valence-corrected chi connectivity index (χ4v) is 4.51. The number of amides is 2. The van der Waals surface area contributed by atoms with Gasteiger partial charge in [-0.3, -0.25) is 14.5 Å². The topological polar surface area (TPSA) is 72.9 Å². The molecule has 31 heavy (non-hydrogen) atoms. The molecule has 0 spiro atoms. The summed E-state index contributed by atoms with van der Waals surface area (Å²) in [4.78, 5) is 29.2. The average molecular weight is 426 g/mol. The number of piperidine rings is 1. The van der Waals surface area contributed by atoms with Crippen molar-refractivity contribution < 1.29 is 19.1 Å². The molecule has 0 aliphatic carbocycles. The van der Waals surface area contributed by atoms with Crippen molar-refractivity contribution in [3.63, 3.8) is 0 Å². The van der Waals surface area contributed by atoms with Gasteiger partial charge in [-0.1, -0.05) is 30.3 Å². The van der Waals surface area contributed by atoms with E-state index in [0.29, 0.717) is 32.0 Å². The van der Waals surface area contributed by atoms with Crippen molar-refractivity contribution in [3.05, 3.63) is 59.9 Å². The summed E-state index contributed by atoms with van der Waals surface area (Å²) in [7, 11) is 0. The van der Waals surface area contributed by atoms with Gasteiger partial charge in [0.25, 0.3) is 0 Å². The van der Waals surface area contributed by atoms with Crippen LogP contribution in [0.1, 0.15) is 30.7 Å². The van der Waals surface area contributed by atoms with Gasteiger partial charge < -0.3 is 15.3 Å². The molecule has 2 saturated heterocycles. The summed E-state index contributed by atoms with van der Waals surface area (Å²) < 4.78 is 13.9. The van der Waals surface area contributed by atoms with E-state index in [1.165, 1.54) is 17.7 Å². The lowest BCUT2D eigenvalue weighted by Gasteiger charge is -2.33. The molecule has 1 atom stereocenters. The van der Waals surface area contributed by atoms with E-state index in [0.717, 1.165) is 32.0 Å². The van der Waals surface area contributed by atoms with E-state index in [4.69, 9.17) is 0 Å². The first-order valence-electron chi connectivity index (χ1n) is 10.8. The fraction of sp³-hybridized carbons (Fsp3) is 0.417. The largest absolute Gasteiger partial charge is 0.508 e. The molecule has 2 amide bonds. The van der Waals surface area contributed by atoms with Crippen LogP contribution in [0.25, 0.3) is 0 Å². The molecule has 4 rings (SSSR count). The fourth-order valence-electron chi connectivity index (χ4n) is 4.51. The van der Waals surface area contributed by atoms with E-state index in [2.05, 4.69) is 29.6 Å². The second kappa shape index (κ2) is 9.47. The van der Waals surface area contributed by atoms with E-state index < -0.39 is 5.82 Å². The number of benzene rings is 2. The molecule has 7 heteroatoms. The maximum absolute atomic E-state index is 13.9. The number of carbonyl (C=O) groups excluding carboxylic acids is 2. The van der Waals surface area contributed by atoms with Gasteiger partial charge in [0.15, 0.2) is 0 Å². The minimum Gasteiger partial charge on any atom is -0.508 e. The minimum atomic E-state index is -0.669. The predicted octanol–water partition coefficient (Wildman–Crippen LogP) is 3.20. The van der Waals surface area contributed by atoms with Crippen molar-refractivity contribution in [1.82, 2.24) is 9.80 Å². The lowest BCUT2D eigenvalue weighted by atomic mass is 9.89. The summed E-state index contributed by atoms with van der Waals surface area (Å²) >= 11 is 0. The van der Waals surface area contributed by atoms with Crippen LogP contribution >= 0.6 is 0 Å². The number of hydrogen-bond donors (Lipinski definition) is 2. The molecule has 164 valence electrons. The summed E-state index contributed by atoms with van der Waals surface area (Å²) in [5, 5.41) is 11.9. The molecule has 0 saturated carbocycles. The van der Waals surface area contributed by atoms with Gasteiger partial charge in [0.05, 0.1) is 18.2 Å². The maximum atomic E-state index is 13.9. The zero-order chi connectivity index (χ0) is 21.8. The van der Waals surface area contributed by atoms with Crippen molar-refractivity contribution in [2.75, 3.05) is 38.0 Å². The quantitative estimate of drug-likeness (QED) is 0.722. The Bertz CT molecular complexity index is 929. The molecule has 0 aromatic heterocycles. The molecular weight excluding hydrogens is 397 g/mol. The monoisotopic (exact) mass is 425 g/mol. The number of likely N-dealkylation sites (tertiary alicyclic amines) is 2. The molecule has 6 nitrogen and oxygen atoms in total. The summed E-state index contributed by atoms with van der Waals surface area (Å²) in [6.07, 6.45) is 2.58. The second-order valence-electron chi connectivity index (χ2n) is 8.44. The molecule has 2 fully saturated rings. The molecule has 0 radical (unpaired) electrons. The second-order valence-corrected chi connectivity index (χ2v) is 8.44. The number of halogens is 1. The van der Waals surface area contributed by atoms with E-state index >= 15 is 0 Å². The standard InChI is InChI=1S/C24H28FN3O3/c25-21-14-20(29)6-7-22(21)26-24(31)19-8-11-27(15-19)16-23(30)28-12-9-18(10-13-28)17-4-2-1-3-5-17/h1-7,14,18-19,29H,8-13,15-16H2,(H,26,31)/t19-/m0/s1. The lowest BCUT2D eigenvalue weighted by Crippen LogP contribution is -2.43. The Labute approximate surface area is 181 Å². The van der Waals surface area contributed by atoms with Crippen LogP contribution in [-0.4, -0.2) is 59.4 Å². The first-order chi connectivity index (χ1) is 15.0. The molecule has 0 bridgehead atoms. The number of rotatable bonds is 5. The number of phenolic OH excluding ortho intramolecular Hbond substituents is 1. The molecule has 0 unspecified atom stereocenters. The van der Waals surface area contributed by atoms with Gasteiger partial charge in [0.2, 0.25) is 11.8 Å². The Morgan fingerprint density at radius 1 is 1.03 bits per heavy atom. The van der Waals surface area contributed by atoms with Gasteiger partial charge in [-0.25, -0.2) is 4.39 Å². The highest BCUT2D eigenvalue weighted by Crippen LogP contribution is 2.28. The van der Waals surface area contributed by atoms with Crippen LogP contribution in [0.4, 0.5) is 10.1 Å². The van der Waals surface area contributed by atoms with E-state index in [1.54, 1.807) is 0 Å². The normalized spacial score (nSPS) is 20.0. The average Bonchev–Trinajstić information content (AvgIpc) is 3.25. The molecule has 2 N–H and O–H groups in total. The van der Waals surface area contributed by atoms with Crippen molar-refractivity contribution in [1.29, 1.82) is 0 Å². The lowest BCUT2D eigenvalue weighted by molar-refractivity contribution is -0.133. The van der Waals surface area contributed by atoms with Gasteiger partial charge in [-0.2, -0.15) is 0 Å². The third-order valence-electron chi connectivity index (χ3n) is 6.33. The SMILES string of the molecule is O=C(Nc1ccc(O)cc1F)[C@H]1CCN(CC(=O)N2CCC(c3ccccc3)CC2)C1. The number of aromatic hydroxyl groups is 1. The highest BCUT2D eigenvalue weighted by atomic mass is 19.1. The van der Waals surface area contributed by atoms with Crippen LogP contribution in [0.2, 0.25) is 0 Å². The van der Waals surface area contributed by atoms with Crippen molar-refractivity contribution in [2.45, 2.75) is 25.2 Å². The van der Waals surface area contributed by atoms with Gasteiger partial charge >= 0.3 is 0 Å². The number of nitrogens with one attached hydrogen (secondary N) is 1. The number of carbonyl (C=O) groups is 2. The number of anilines is 1. The third-order valence-corrected chi connectivity index (χ3v) is 6.33. The van der Waals surface area contributed by atoms with Crippen LogP contribution in [0.5, 0.6) is 5.75 Å². The predicted molar refractivity (Wildman–Crippen MR) is 116 cm³/mol. The molecular formula is C24H28FN3O3. The Morgan fingerprint density at radius 2 is 1.77 bits per heavy atom. The third kappa shape index (κ3) is 5.22. The van der Waals surface area contributed by atoms with Gasteiger partial charge in [-0.15, -0.1) is 0 Å². The van der Waals surface area contributed by atoms with Crippen LogP contribution in [-0.2, 0) is 9.59 Å². The molecule has 2 aromatic rings. The Balaban J connectivity index is 1.23. The Hall–Kier alpha value is -2.93.